The van der Waals surface area contributed by atoms with Gasteiger partial charge in [-0.05, 0) is 62.8 Å². The molecule has 1 aliphatic heterocycles. The molecule has 1 heterocycles. The van der Waals surface area contributed by atoms with Crippen LogP contribution in [-0.4, -0.2) is 26.0 Å². The molecule has 1 saturated heterocycles. The molecule has 1 fully saturated rings. The third-order valence-electron chi connectivity index (χ3n) is 3.79. The lowest BCUT2D eigenvalue weighted by Gasteiger charge is -2.27. The molecule has 0 aliphatic carbocycles. The number of hydrogen-bond acceptors (Lipinski definition) is 3. The first-order chi connectivity index (χ1) is 8.85. The highest BCUT2D eigenvalue weighted by atomic mass is 32.2. The number of hydrogen-bond donors (Lipinski definition) is 0. The van der Waals surface area contributed by atoms with E-state index in [0.29, 0.717) is 18.0 Å². The Morgan fingerprint density at radius 1 is 1.05 bits per heavy atom. The highest BCUT2D eigenvalue weighted by Gasteiger charge is 2.31. The maximum atomic E-state index is 12.7. The summed E-state index contributed by atoms with van der Waals surface area (Å²) in [6.07, 6.45) is 1.76. The maximum Gasteiger partial charge on any atom is 0.265 e. The molecule has 0 bridgehead atoms. The Morgan fingerprint density at radius 3 is 2.11 bits per heavy atom. The van der Waals surface area contributed by atoms with E-state index >= 15 is 0 Å². The van der Waals surface area contributed by atoms with Crippen LogP contribution in [0.2, 0.25) is 0 Å². The van der Waals surface area contributed by atoms with Crippen LogP contribution in [0.5, 0.6) is 0 Å². The summed E-state index contributed by atoms with van der Waals surface area (Å²) in [5.41, 5.74) is 3.63. The Labute approximate surface area is 115 Å². The van der Waals surface area contributed by atoms with Gasteiger partial charge < -0.3 is 0 Å². The lowest BCUT2D eigenvalue weighted by Crippen LogP contribution is -2.36. The second kappa shape index (κ2) is 5.23. The number of aryl methyl sites for hydroxylation is 2. The molecule has 0 saturated carbocycles. The van der Waals surface area contributed by atoms with Crippen LogP contribution < -0.4 is 0 Å². The smallest absolute Gasteiger partial charge is 0.265 e. The van der Waals surface area contributed by atoms with Crippen LogP contribution >= 0.6 is 0 Å². The zero-order valence-corrected chi connectivity index (χ0v) is 12.8. The van der Waals surface area contributed by atoms with Crippen molar-refractivity contribution in [2.45, 2.75) is 45.4 Å². The van der Waals surface area contributed by atoms with E-state index in [1.807, 2.05) is 33.8 Å². The van der Waals surface area contributed by atoms with Gasteiger partial charge in [-0.3, -0.25) is 4.84 Å². The van der Waals surface area contributed by atoms with Crippen LogP contribution in [0.3, 0.4) is 0 Å². The number of rotatable bonds is 2. The third-order valence-corrected chi connectivity index (χ3v) is 5.75. The lowest BCUT2D eigenvalue weighted by atomic mass is 10.0. The summed E-state index contributed by atoms with van der Waals surface area (Å²) in [7, 11) is -3.56. The summed E-state index contributed by atoms with van der Waals surface area (Å²) in [5.74, 6) is 0. The van der Waals surface area contributed by atoms with E-state index in [1.54, 1.807) is 0 Å². The van der Waals surface area contributed by atoms with Crippen LogP contribution in [0.25, 0.3) is 0 Å². The van der Waals surface area contributed by atoms with Crippen LogP contribution in [0.1, 0.15) is 35.1 Å². The predicted octanol–water partition coefficient (Wildman–Crippen LogP) is 2.64. The summed E-state index contributed by atoms with van der Waals surface area (Å²) in [4.78, 5) is 5.74. The molecular weight excluding hydrogens is 262 g/mol. The van der Waals surface area contributed by atoms with E-state index in [9.17, 15) is 8.42 Å². The predicted molar refractivity (Wildman–Crippen MR) is 74.5 cm³/mol. The molecule has 5 heteroatoms. The molecule has 0 unspecified atom stereocenters. The lowest BCUT2D eigenvalue weighted by molar-refractivity contribution is -0.108. The molecule has 1 aromatic carbocycles. The van der Waals surface area contributed by atoms with Crippen LogP contribution in [0.4, 0.5) is 0 Å². The first-order valence-corrected chi connectivity index (χ1v) is 8.02. The Hall–Kier alpha value is -0.910. The topological polar surface area (TPSA) is 46.6 Å². The molecule has 0 N–H and O–H groups in total. The second-order valence-corrected chi connectivity index (χ2v) is 6.93. The van der Waals surface area contributed by atoms with Crippen LogP contribution in [-0.2, 0) is 14.9 Å². The average Bonchev–Trinajstić information content (AvgIpc) is 2.37. The monoisotopic (exact) mass is 283 g/mol. The summed E-state index contributed by atoms with van der Waals surface area (Å²) in [5, 5.41) is 0. The molecule has 0 aromatic heterocycles. The van der Waals surface area contributed by atoms with Gasteiger partial charge in [0.05, 0.1) is 11.5 Å². The first-order valence-electron chi connectivity index (χ1n) is 6.58. The number of sulfonamides is 1. The van der Waals surface area contributed by atoms with Crippen molar-refractivity contribution in [2.75, 3.05) is 13.2 Å². The van der Waals surface area contributed by atoms with Crippen molar-refractivity contribution < 1.29 is 13.3 Å². The molecule has 0 atom stereocenters. The van der Waals surface area contributed by atoms with Crippen molar-refractivity contribution in [1.82, 2.24) is 4.47 Å². The molecule has 1 aromatic rings. The van der Waals surface area contributed by atoms with Crippen molar-refractivity contribution in [3.63, 3.8) is 0 Å². The van der Waals surface area contributed by atoms with Gasteiger partial charge in [-0.1, -0.05) is 10.5 Å². The van der Waals surface area contributed by atoms with Crippen LogP contribution in [0, 0.1) is 27.7 Å². The van der Waals surface area contributed by atoms with Gasteiger partial charge in [0.15, 0.2) is 0 Å². The highest BCUT2D eigenvalue weighted by Crippen LogP contribution is 2.29. The Kier molecular flexibility index (Phi) is 3.99. The minimum absolute atomic E-state index is 0.409. The van der Waals surface area contributed by atoms with Crippen LogP contribution in [0.15, 0.2) is 11.0 Å². The van der Waals surface area contributed by atoms with Crippen molar-refractivity contribution in [2.24, 2.45) is 0 Å². The largest absolute Gasteiger partial charge is 0.284 e. The van der Waals surface area contributed by atoms with E-state index in [-0.39, 0.29) is 0 Å². The molecule has 0 radical (unpaired) electrons. The van der Waals surface area contributed by atoms with Gasteiger partial charge in [-0.25, -0.2) is 8.42 Å². The summed E-state index contributed by atoms with van der Waals surface area (Å²) >= 11 is 0. The van der Waals surface area contributed by atoms with E-state index in [4.69, 9.17) is 4.84 Å². The SMILES string of the molecule is Cc1cc(C)c(C)c(S(=O)(=O)N2CCCCO2)c1C. The number of benzene rings is 1. The minimum atomic E-state index is -3.56. The average molecular weight is 283 g/mol. The fraction of sp³-hybridized carbons (Fsp3) is 0.571. The minimum Gasteiger partial charge on any atom is -0.284 e. The fourth-order valence-electron chi connectivity index (χ4n) is 2.43. The van der Waals surface area contributed by atoms with Gasteiger partial charge >= 0.3 is 0 Å². The van der Waals surface area contributed by atoms with E-state index < -0.39 is 10.0 Å². The van der Waals surface area contributed by atoms with Gasteiger partial charge in [0, 0.05) is 6.54 Å². The first kappa shape index (κ1) is 14.5. The van der Waals surface area contributed by atoms with E-state index in [0.717, 1.165) is 39.6 Å². The maximum absolute atomic E-state index is 12.7. The molecule has 106 valence electrons. The van der Waals surface area contributed by atoms with Gasteiger partial charge in [-0.2, -0.15) is 0 Å². The van der Waals surface area contributed by atoms with Crippen molar-refractivity contribution in [3.8, 4) is 0 Å². The zero-order chi connectivity index (χ0) is 14.2. The van der Waals surface area contributed by atoms with Crippen molar-refractivity contribution >= 4 is 10.0 Å². The Morgan fingerprint density at radius 2 is 1.63 bits per heavy atom. The molecule has 1 aliphatic rings. The number of nitrogens with zero attached hydrogens (tertiary/aromatic N) is 1. The molecule has 2 rings (SSSR count). The number of hydroxylamine groups is 1. The quantitative estimate of drug-likeness (QED) is 0.838. The van der Waals surface area contributed by atoms with Gasteiger partial charge in [0.2, 0.25) is 0 Å². The van der Waals surface area contributed by atoms with Crippen molar-refractivity contribution in [1.29, 1.82) is 0 Å². The van der Waals surface area contributed by atoms with E-state index in [2.05, 4.69) is 0 Å². The van der Waals surface area contributed by atoms with Crippen molar-refractivity contribution in [3.05, 3.63) is 28.3 Å². The van der Waals surface area contributed by atoms with E-state index in [1.165, 1.54) is 0 Å². The highest BCUT2D eigenvalue weighted by molar-refractivity contribution is 7.89. The van der Waals surface area contributed by atoms with Gasteiger partial charge in [-0.15, -0.1) is 0 Å². The Balaban J connectivity index is 2.57. The third kappa shape index (κ3) is 2.55. The zero-order valence-electron chi connectivity index (χ0n) is 12.0. The Bertz CT molecular complexity index is 561. The standard InChI is InChI=1S/C14H21NO3S/c1-10-9-11(2)13(4)14(12(10)3)19(16,17)15-7-5-6-8-18-15/h9H,5-8H2,1-4H3. The summed E-state index contributed by atoms with van der Waals surface area (Å²) < 4.78 is 26.6. The van der Waals surface area contributed by atoms with Gasteiger partial charge in [0.25, 0.3) is 10.0 Å². The molecule has 4 nitrogen and oxygen atoms in total. The molecular formula is C14H21NO3S. The molecule has 0 amide bonds. The molecule has 19 heavy (non-hydrogen) atoms. The molecule has 0 spiro atoms. The second-order valence-electron chi connectivity index (χ2n) is 5.16. The summed E-state index contributed by atoms with van der Waals surface area (Å²) in [6, 6.07) is 2.03. The summed E-state index contributed by atoms with van der Waals surface area (Å²) in [6.45, 7) is 8.52. The normalized spacial score (nSPS) is 17.7. The fourth-order valence-corrected chi connectivity index (χ4v) is 4.32. The van der Waals surface area contributed by atoms with Gasteiger partial charge in [0.1, 0.15) is 0 Å².